The first-order chi connectivity index (χ1) is 9.13. The lowest BCUT2D eigenvalue weighted by atomic mass is 10.3. The molecular formula is C13H12ClNO2S2. The number of hydrogen-bond acceptors (Lipinski definition) is 5. The molecule has 0 aliphatic heterocycles. The minimum atomic E-state index is -0.320. The molecule has 0 radical (unpaired) electrons. The Kier molecular flexibility index (Phi) is 4.74. The van der Waals surface area contributed by atoms with E-state index in [-0.39, 0.29) is 5.97 Å². The molecule has 0 saturated carbocycles. The van der Waals surface area contributed by atoms with Crippen molar-refractivity contribution in [2.45, 2.75) is 4.21 Å². The molecule has 2 aromatic rings. The zero-order chi connectivity index (χ0) is 13.8. The maximum atomic E-state index is 11.5. The van der Waals surface area contributed by atoms with Gasteiger partial charge in [-0.2, -0.15) is 0 Å². The van der Waals surface area contributed by atoms with E-state index in [4.69, 9.17) is 16.3 Å². The number of rotatable bonds is 4. The van der Waals surface area contributed by atoms with E-state index in [9.17, 15) is 4.79 Å². The summed E-state index contributed by atoms with van der Waals surface area (Å²) in [6.45, 7) is 0. The number of halogens is 1. The molecule has 0 aliphatic rings. The summed E-state index contributed by atoms with van der Waals surface area (Å²) in [4.78, 5) is 12.1. The van der Waals surface area contributed by atoms with Crippen LogP contribution in [0.4, 0.5) is 11.4 Å². The average molecular weight is 314 g/mol. The maximum Gasteiger partial charge on any atom is 0.348 e. The van der Waals surface area contributed by atoms with Gasteiger partial charge in [0.2, 0.25) is 0 Å². The Morgan fingerprint density at radius 1 is 1.42 bits per heavy atom. The quantitative estimate of drug-likeness (QED) is 0.658. The predicted molar refractivity (Wildman–Crippen MR) is 82.2 cm³/mol. The monoisotopic (exact) mass is 313 g/mol. The van der Waals surface area contributed by atoms with Crippen LogP contribution in [-0.4, -0.2) is 19.3 Å². The molecule has 0 unspecified atom stereocenters. The van der Waals surface area contributed by atoms with Gasteiger partial charge in [-0.05, 0) is 30.5 Å². The van der Waals surface area contributed by atoms with E-state index >= 15 is 0 Å². The number of hydrogen-bond donors (Lipinski definition) is 1. The van der Waals surface area contributed by atoms with E-state index in [1.165, 1.54) is 18.4 Å². The fourth-order valence-corrected chi connectivity index (χ4v) is 3.42. The fourth-order valence-electron chi connectivity index (χ4n) is 1.54. The van der Waals surface area contributed by atoms with E-state index in [1.807, 2.05) is 30.5 Å². The van der Waals surface area contributed by atoms with Crippen LogP contribution < -0.4 is 5.32 Å². The maximum absolute atomic E-state index is 11.5. The zero-order valence-electron chi connectivity index (χ0n) is 10.4. The standard InChI is InChI=1S/C13H12ClNO2S2/c1-17-12(16)11-7-10(13(18-2)19-11)15-9-5-3-4-8(14)6-9/h3-7,15H,1-2H3. The first kappa shape index (κ1) is 14.2. The molecule has 1 aromatic carbocycles. The summed E-state index contributed by atoms with van der Waals surface area (Å²) < 4.78 is 5.76. The molecule has 19 heavy (non-hydrogen) atoms. The zero-order valence-corrected chi connectivity index (χ0v) is 12.8. The van der Waals surface area contributed by atoms with E-state index in [2.05, 4.69) is 5.32 Å². The molecule has 3 nitrogen and oxygen atoms in total. The molecule has 6 heteroatoms. The van der Waals surface area contributed by atoms with E-state index in [1.54, 1.807) is 17.8 Å². The molecule has 0 aliphatic carbocycles. The number of anilines is 2. The summed E-state index contributed by atoms with van der Waals surface area (Å²) >= 11 is 8.94. The van der Waals surface area contributed by atoms with Crippen molar-refractivity contribution in [3.63, 3.8) is 0 Å². The molecular weight excluding hydrogens is 302 g/mol. The fraction of sp³-hybridized carbons (Fsp3) is 0.154. The van der Waals surface area contributed by atoms with Gasteiger partial charge in [-0.3, -0.25) is 0 Å². The number of ether oxygens (including phenoxy) is 1. The van der Waals surface area contributed by atoms with E-state index < -0.39 is 0 Å². The van der Waals surface area contributed by atoms with Crippen LogP contribution in [0.3, 0.4) is 0 Å². The van der Waals surface area contributed by atoms with Gasteiger partial charge in [0.05, 0.1) is 17.0 Å². The second-order valence-electron chi connectivity index (χ2n) is 3.64. The van der Waals surface area contributed by atoms with Crippen molar-refractivity contribution in [3.8, 4) is 0 Å². The van der Waals surface area contributed by atoms with Crippen LogP contribution >= 0.6 is 34.7 Å². The predicted octanol–water partition coefficient (Wildman–Crippen LogP) is 4.65. The third-order valence-corrected chi connectivity index (χ3v) is 4.86. The number of thiophene rings is 1. The first-order valence-electron chi connectivity index (χ1n) is 5.42. The second kappa shape index (κ2) is 6.32. The van der Waals surface area contributed by atoms with Crippen molar-refractivity contribution in [3.05, 3.63) is 40.2 Å². The van der Waals surface area contributed by atoms with Gasteiger partial charge in [0, 0.05) is 10.7 Å². The number of carbonyl (C=O) groups excluding carboxylic acids is 1. The minimum absolute atomic E-state index is 0.320. The second-order valence-corrected chi connectivity index (χ2v) is 6.21. The van der Waals surface area contributed by atoms with Crippen LogP contribution in [0.15, 0.2) is 34.5 Å². The molecule has 0 saturated heterocycles. The Labute approximate surface area is 124 Å². The van der Waals surface area contributed by atoms with Gasteiger partial charge in [-0.15, -0.1) is 23.1 Å². The van der Waals surface area contributed by atoms with E-state index in [0.717, 1.165) is 15.6 Å². The van der Waals surface area contributed by atoms with Crippen molar-refractivity contribution in [2.24, 2.45) is 0 Å². The van der Waals surface area contributed by atoms with Gasteiger partial charge >= 0.3 is 5.97 Å². The van der Waals surface area contributed by atoms with Crippen LogP contribution in [0, 0.1) is 0 Å². The topological polar surface area (TPSA) is 38.3 Å². The lowest BCUT2D eigenvalue weighted by molar-refractivity contribution is 0.0606. The highest BCUT2D eigenvalue weighted by Gasteiger charge is 2.14. The molecule has 0 bridgehead atoms. The van der Waals surface area contributed by atoms with Crippen LogP contribution in [0.1, 0.15) is 9.67 Å². The third kappa shape index (κ3) is 3.43. The molecule has 100 valence electrons. The van der Waals surface area contributed by atoms with Gasteiger partial charge in [0.25, 0.3) is 0 Å². The van der Waals surface area contributed by atoms with Crippen molar-refractivity contribution in [2.75, 3.05) is 18.7 Å². The summed E-state index contributed by atoms with van der Waals surface area (Å²) in [6, 6.07) is 9.24. The van der Waals surface area contributed by atoms with Crippen molar-refractivity contribution < 1.29 is 9.53 Å². The summed E-state index contributed by atoms with van der Waals surface area (Å²) in [7, 11) is 1.38. The highest BCUT2D eigenvalue weighted by molar-refractivity contribution is 8.00. The molecule has 1 aromatic heterocycles. The summed E-state index contributed by atoms with van der Waals surface area (Å²) in [6.07, 6.45) is 1.97. The van der Waals surface area contributed by atoms with Crippen molar-refractivity contribution >= 4 is 52.0 Å². The molecule has 0 fully saturated rings. The third-order valence-electron chi connectivity index (χ3n) is 2.37. The molecule has 1 N–H and O–H groups in total. The van der Waals surface area contributed by atoms with Crippen LogP contribution in [0.5, 0.6) is 0 Å². The summed E-state index contributed by atoms with van der Waals surface area (Å²) in [5.74, 6) is -0.320. The highest BCUT2D eigenvalue weighted by Crippen LogP contribution is 2.37. The van der Waals surface area contributed by atoms with Crippen molar-refractivity contribution in [1.82, 2.24) is 0 Å². The molecule has 0 spiro atoms. The lowest BCUT2D eigenvalue weighted by Gasteiger charge is -2.06. The SMILES string of the molecule is COC(=O)c1cc(Nc2cccc(Cl)c2)c(SC)s1. The minimum Gasteiger partial charge on any atom is -0.465 e. The first-order valence-corrected chi connectivity index (χ1v) is 7.84. The van der Waals surface area contributed by atoms with E-state index in [0.29, 0.717) is 9.90 Å². The Morgan fingerprint density at radius 3 is 2.84 bits per heavy atom. The Bertz CT molecular complexity index is 598. The van der Waals surface area contributed by atoms with Crippen LogP contribution in [0.25, 0.3) is 0 Å². The smallest absolute Gasteiger partial charge is 0.348 e. The number of thioether (sulfide) groups is 1. The Hall–Kier alpha value is -1.17. The molecule has 0 atom stereocenters. The van der Waals surface area contributed by atoms with Gasteiger partial charge < -0.3 is 10.1 Å². The van der Waals surface area contributed by atoms with Gasteiger partial charge in [-0.1, -0.05) is 17.7 Å². The molecule has 0 amide bonds. The van der Waals surface area contributed by atoms with Gasteiger partial charge in [-0.25, -0.2) is 4.79 Å². The van der Waals surface area contributed by atoms with Crippen molar-refractivity contribution in [1.29, 1.82) is 0 Å². The molecule has 2 rings (SSSR count). The number of benzene rings is 1. The summed E-state index contributed by atoms with van der Waals surface area (Å²) in [5.41, 5.74) is 1.78. The lowest BCUT2D eigenvalue weighted by Crippen LogP contribution is -1.97. The number of esters is 1. The number of carbonyl (C=O) groups is 1. The molecule has 1 heterocycles. The highest BCUT2D eigenvalue weighted by atomic mass is 35.5. The summed E-state index contributed by atoms with van der Waals surface area (Å²) in [5, 5.41) is 3.93. The normalized spacial score (nSPS) is 10.3. The largest absolute Gasteiger partial charge is 0.465 e. The number of nitrogens with one attached hydrogen (secondary N) is 1. The van der Waals surface area contributed by atoms with Crippen LogP contribution in [0.2, 0.25) is 5.02 Å². The average Bonchev–Trinajstić information content (AvgIpc) is 2.81. The Morgan fingerprint density at radius 2 is 2.21 bits per heavy atom. The number of methoxy groups -OCH3 is 1. The Balaban J connectivity index is 2.29. The van der Waals surface area contributed by atoms with Gasteiger partial charge in [0.15, 0.2) is 0 Å². The van der Waals surface area contributed by atoms with Gasteiger partial charge in [0.1, 0.15) is 4.88 Å². The van der Waals surface area contributed by atoms with Crippen LogP contribution in [-0.2, 0) is 4.74 Å².